The van der Waals surface area contributed by atoms with Gasteiger partial charge in [0.15, 0.2) is 0 Å². The first-order valence-corrected chi connectivity index (χ1v) is 14.3. The molecule has 9 rings (SSSR count). The van der Waals surface area contributed by atoms with Gasteiger partial charge < -0.3 is 13.7 Å². The molecule has 3 nitrogen and oxygen atoms in total. The van der Waals surface area contributed by atoms with Gasteiger partial charge in [-0.2, -0.15) is 0 Å². The molecule has 0 aliphatic rings. The minimum absolute atomic E-state index is 0.872. The van der Waals surface area contributed by atoms with Crippen molar-refractivity contribution >= 4 is 82.5 Å². The fraction of sp³-hybridized carbons (Fsp3) is 0.0256. The summed E-state index contributed by atoms with van der Waals surface area (Å²) in [4.78, 5) is 2.31. The maximum atomic E-state index is 6.61. The number of hydrogen-bond acceptors (Lipinski definition) is 3. The van der Waals surface area contributed by atoms with Crippen LogP contribution in [0.2, 0.25) is 0 Å². The first-order chi connectivity index (χ1) is 20.7. The molecule has 0 unspecified atom stereocenters. The van der Waals surface area contributed by atoms with Gasteiger partial charge in [0.05, 0.1) is 5.69 Å². The molecule has 0 N–H and O–H groups in total. The number of anilines is 3. The van der Waals surface area contributed by atoms with Gasteiger partial charge in [0.2, 0.25) is 0 Å². The lowest BCUT2D eigenvalue weighted by Gasteiger charge is -2.27. The summed E-state index contributed by atoms with van der Waals surface area (Å²) >= 11 is 0. The Kier molecular flexibility index (Phi) is 4.82. The van der Waals surface area contributed by atoms with Crippen LogP contribution >= 0.6 is 0 Å². The standard InChI is InChI=1S/C39H25NO2/c1-24-10-9-17-32-30-20-19-27(22-35(30)42-39(24)32)40(26-12-3-2-4-13-26)33-23-36-38(31-16-8-7-15-29(31)33)37-28-14-6-5-11-25(28)18-21-34(37)41-36/h2-23H,1H3. The second-order valence-corrected chi connectivity index (χ2v) is 11.0. The fourth-order valence-electron chi connectivity index (χ4n) is 6.64. The van der Waals surface area contributed by atoms with E-state index in [0.29, 0.717) is 0 Å². The summed E-state index contributed by atoms with van der Waals surface area (Å²) < 4.78 is 13.0. The third-order valence-electron chi connectivity index (χ3n) is 8.54. The maximum absolute atomic E-state index is 6.61. The van der Waals surface area contributed by atoms with Crippen LogP contribution in [-0.4, -0.2) is 0 Å². The molecule has 42 heavy (non-hydrogen) atoms. The van der Waals surface area contributed by atoms with Crippen molar-refractivity contribution in [2.75, 3.05) is 4.90 Å². The van der Waals surface area contributed by atoms with Gasteiger partial charge in [-0.1, -0.05) is 91.0 Å². The summed E-state index contributed by atoms with van der Waals surface area (Å²) in [5.41, 5.74) is 7.87. The summed E-state index contributed by atoms with van der Waals surface area (Å²) in [7, 11) is 0. The van der Waals surface area contributed by atoms with Crippen LogP contribution in [-0.2, 0) is 0 Å². The van der Waals surface area contributed by atoms with E-state index in [4.69, 9.17) is 8.83 Å². The molecule has 0 bridgehead atoms. The molecule has 2 heterocycles. The van der Waals surface area contributed by atoms with Crippen molar-refractivity contribution in [3.05, 3.63) is 139 Å². The molecule has 0 aliphatic carbocycles. The molecule has 0 amide bonds. The topological polar surface area (TPSA) is 29.5 Å². The van der Waals surface area contributed by atoms with Crippen molar-refractivity contribution in [3.63, 3.8) is 0 Å². The highest BCUT2D eigenvalue weighted by Gasteiger charge is 2.22. The van der Waals surface area contributed by atoms with Gasteiger partial charge in [-0.05, 0) is 59.0 Å². The Morgan fingerprint density at radius 2 is 1.19 bits per heavy atom. The molecule has 9 aromatic rings. The minimum atomic E-state index is 0.872. The largest absolute Gasteiger partial charge is 0.456 e. The smallest absolute Gasteiger partial charge is 0.138 e. The Labute approximate surface area is 241 Å². The summed E-state index contributed by atoms with van der Waals surface area (Å²) in [5, 5.41) is 9.32. The molecular formula is C39H25NO2. The average molecular weight is 540 g/mol. The van der Waals surface area contributed by atoms with Crippen molar-refractivity contribution in [2.24, 2.45) is 0 Å². The van der Waals surface area contributed by atoms with E-state index >= 15 is 0 Å². The second kappa shape index (κ2) is 8.73. The van der Waals surface area contributed by atoms with Crippen LogP contribution in [0.15, 0.2) is 142 Å². The Hall–Kier alpha value is -5.54. The zero-order valence-corrected chi connectivity index (χ0v) is 23.0. The summed E-state index contributed by atoms with van der Waals surface area (Å²) in [6, 6.07) is 47.0. The van der Waals surface area contributed by atoms with E-state index in [1.54, 1.807) is 0 Å². The number of fused-ring (bicyclic) bond motifs is 10. The molecule has 3 heteroatoms. The number of aryl methyl sites for hydroxylation is 1. The summed E-state index contributed by atoms with van der Waals surface area (Å²) in [5.74, 6) is 0. The Morgan fingerprint density at radius 3 is 2.07 bits per heavy atom. The zero-order chi connectivity index (χ0) is 27.8. The lowest BCUT2D eigenvalue weighted by molar-refractivity contribution is 0.666. The maximum Gasteiger partial charge on any atom is 0.138 e. The SMILES string of the molecule is Cc1cccc2c1oc1cc(N(c3ccccc3)c3cc4oc5ccc6ccccc6c5c4c4ccccc34)ccc12. The Morgan fingerprint density at radius 1 is 0.452 bits per heavy atom. The summed E-state index contributed by atoms with van der Waals surface area (Å²) in [6.07, 6.45) is 0. The van der Waals surface area contributed by atoms with Gasteiger partial charge in [0.1, 0.15) is 22.3 Å². The second-order valence-electron chi connectivity index (χ2n) is 11.0. The molecule has 0 aliphatic heterocycles. The average Bonchev–Trinajstić information content (AvgIpc) is 3.61. The van der Waals surface area contributed by atoms with E-state index in [1.807, 2.05) is 0 Å². The predicted octanol–water partition coefficient (Wildman–Crippen LogP) is 11.6. The van der Waals surface area contributed by atoms with E-state index in [0.717, 1.165) is 71.9 Å². The van der Waals surface area contributed by atoms with Crippen molar-refractivity contribution in [1.29, 1.82) is 0 Å². The number of hydrogen-bond donors (Lipinski definition) is 0. The highest BCUT2D eigenvalue weighted by Crippen LogP contribution is 2.46. The van der Waals surface area contributed by atoms with Crippen molar-refractivity contribution in [3.8, 4) is 0 Å². The third kappa shape index (κ3) is 3.28. The van der Waals surface area contributed by atoms with E-state index in [1.165, 1.54) is 16.2 Å². The lowest BCUT2D eigenvalue weighted by atomic mass is 9.98. The van der Waals surface area contributed by atoms with Gasteiger partial charge in [-0.25, -0.2) is 0 Å². The van der Waals surface area contributed by atoms with Gasteiger partial charge >= 0.3 is 0 Å². The molecular weight excluding hydrogens is 514 g/mol. The molecule has 0 saturated heterocycles. The van der Waals surface area contributed by atoms with Crippen LogP contribution in [0.5, 0.6) is 0 Å². The Bertz CT molecular complexity index is 2480. The molecule has 0 fully saturated rings. The normalized spacial score (nSPS) is 11.9. The minimum Gasteiger partial charge on any atom is -0.456 e. The van der Waals surface area contributed by atoms with Gasteiger partial charge in [-0.15, -0.1) is 0 Å². The zero-order valence-electron chi connectivity index (χ0n) is 23.0. The van der Waals surface area contributed by atoms with Crippen LogP contribution in [0.25, 0.3) is 65.4 Å². The monoisotopic (exact) mass is 539 g/mol. The first-order valence-electron chi connectivity index (χ1n) is 14.3. The number of nitrogens with zero attached hydrogens (tertiary/aromatic N) is 1. The van der Waals surface area contributed by atoms with Crippen LogP contribution in [0, 0.1) is 6.92 Å². The van der Waals surface area contributed by atoms with Crippen LogP contribution in [0.3, 0.4) is 0 Å². The van der Waals surface area contributed by atoms with E-state index in [2.05, 4.69) is 145 Å². The molecule has 2 aromatic heterocycles. The number of furan rings is 2. The quantitative estimate of drug-likeness (QED) is 0.224. The summed E-state index contributed by atoms with van der Waals surface area (Å²) in [6.45, 7) is 2.10. The van der Waals surface area contributed by atoms with Crippen molar-refractivity contribution < 1.29 is 8.83 Å². The van der Waals surface area contributed by atoms with E-state index in [-0.39, 0.29) is 0 Å². The highest BCUT2D eigenvalue weighted by atomic mass is 16.3. The molecule has 0 radical (unpaired) electrons. The van der Waals surface area contributed by atoms with E-state index in [9.17, 15) is 0 Å². The van der Waals surface area contributed by atoms with Crippen LogP contribution in [0.4, 0.5) is 17.1 Å². The molecule has 7 aromatic carbocycles. The number of para-hydroxylation sites is 2. The number of benzene rings is 7. The van der Waals surface area contributed by atoms with Crippen LogP contribution in [0.1, 0.15) is 5.56 Å². The van der Waals surface area contributed by atoms with Gasteiger partial charge in [0, 0.05) is 50.4 Å². The molecule has 0 atom stereocenters. The van der Waals surface area contributed by atoms with Crippen molar-refractivity contribution in [2.45, 2.75) is 6.92 Å². The number of rotatable bonds is 3. The molecule has 0 spiro atoms. The van der Waals surface area contributed by atoms with Gasteiger partial charge in [-0.3, -0.25) is 0 Å². The highest BCUT2D eigenvalue weighted by molar-refractivity contribution is 6.28. The van der Waals surface area contributed by atoms with E-state index < -0.39 is 0 Å². The molecule has 0 saturated carbocycles. The third-order valence-corrected chi connectivity index (χ3v) is 8.54. The van der Waals surface area contributed by atoms with Gasteiger partial charge in [0.25, 0.3) is 0 Å². The first kappa shape index (κ1) is 23.2. The predicted molar refractivity (Wildman–Crippen MR) is 175 cm³/mol. The van der Waals surface area contributed by atoms with Crippen LogP contribution < -0.4 is 4.90 Å². The van der Waals surface area contributed by atoms with Crippen molar-refractivity contribution in [1.82, 2.24) is 0 Å². The lowest BCUT2D eigenvalue weighted by Crippen LogP contribution is -2.10. The fourth-order valence-corrected chi connectivity index (χ4v) is 6.64. The Balaban J connectivity index is 1.37. The molecule has 198 valence electrons.